The zero-order chi connectivity index (χ0) is 11.0. The normalized spacial score (nSPS) is 10.5. The zero-order valence-electron chi connectivity index (χ0n) is 7.44. The van der Waals surface area contributed by atoms with Crippen molar-refractivity contribution in [2.75, 3.05) is 0 Å². The van der Waals surface area contributed by atoms with Gasteiger partial charge < -0.3 is 10.2 Å². The first-order chi connectivity index (χ1) is 7.09. The summed E-state index contributed by atoms with van der Waals surface area (Å²) < 4.78 is 0. The number of halogens is 1. The molecule has 0 saturated heterocycles. The Morgan fingerprint density at radius 3 is 2.80 bits per heavy atom. The third-order valence-electron chi connectivity index (χ3n) is 2.03. The Balaban J connectivity index is 2.82. The highest BCUT2D eigenvalue weighted by Gasteiger charge is 2.14. The van der Waals surface area contributed by atoms with E-state index in [1.807, 2.05) is 0 Å². The van der Waals surface area contributed by atoms with Gasteiger partial charge in [0.2, 0.25) is 0 Å². The first-order valence-electron chi connectivity index (χ1n) is 4.10. The number of nitrogens with zero attached hydrogens (tertiary/aromatic N) is 1. The quantitative estimate of drug-likeness (QED) is 0.778. The van der Waals surface area contributed by atoms with Crippen LogP contribution >= 0.6 is 11.6 Å². The monoisotopic (exact) mass is 223 g/mol. The molecule has 1 aromatic carbocycles. The van der Waals surface area contributed by atoms with Crippen LogP contribution in [0.15, 0.2) is 24.4 Å². The first-order valence-corrected chi connectivity index (χ1v) is 4.48. The number of pyridine rings is 1. The molecular formula is C10H6ClNO3. The Bertz CT molecular complexity index is 554. The number of hydrogen-bond donors (Lipinski definition) is 2. The van der Waals surface area contributed by atoms with Crippen LogP contribution in [-0.4, -0.2) is 21.2 Å². The molecule has 0 bridgehead atoms. The van der Waals surface area contributed by atoms with E-state index in [0.29, 0.717) is 15.8 Å². The fourth-order valence-electron chi connectivity index (χ4n) is 1.33. The number of hydrogen-bond acceptors (Lipinski definition) is 3. The van der Waals surface area contributed by atoms with Crippen LogP contribution in [0, 0.1) is 0 Å². The molecular weight excluding hydrogens is 218 g/mol. The van der Waals surface area contributed by atoms with Crippen molar-refractivity contribution >= 4 is 28.3 Å². The van der Waals surface area contributed by atoms with E-state index in [-0.39, 0.29) is 11.4 Å². The molecule has 0 aliphatic carbocycles. The van der Waals surface area contributed by atoms with Crippen LogP contribution < -0.4 is 0 Å². The Morgan fingerprint density at radius 1 is 1.40 bits per heavy atom. The molecule has 0 spiro atoms. The summed E-state index contributed by atoms with van der Waals surface area (Å²) in [6, 6.07) is 4.81. The standard InChI is InChI=1S/C10H6ClNO3/c11-6-2-1-5-4-12-8(10(14)15)9(13)7(5)3-6/h1-4,13H,(H,14,15). The molecule has 0 aliphatic rings. The smallest absolute Gasteiger partial charge is 0.358 e. The minimum atomic E-state index is -1.27. The molecule has 2 N–H and O–H groups in total. The fraction of sp³-hybridized carbons (Fsp3) is 0. The van der Waals surface area contributed by atoms with Crippen molar-refractivity contribution in [1.82, 2.24) is 4.98 Å². The van der Waals surface area contributed by atoms with Crippen molar-refractivity contribution in [3.05, 3.63) is 35.1 Å². The van der Waals surface area contributed by atoms with Gasteiger partial charge in [0.25, 0.3) is 0 Å². The predicted molar refractivity (Wildman–Crippen MR) is 55.4 cm³/mol. The number of carbonyl (C=O) groups is 1. The van der Waals surface area contributed by atoms with E-state index in [1.165, 1.54) is 12.3 Å². The summed E-state index contributed by atoms with van der Waals surface area (Å²) in [5.41, 5.74) is -0.371. The lowest BCUT2D eigenvalue weighted by Gasteiger charge is -2.03. The molecule has 0 aliphatic heterocycles. The maximum atomic E-state index is 10.7. The third-order valence-corrected chi connectivity index (χ3v) is 2.27. The van der Waals surface area contributed by atoms with Crippen molar-refractivity contribution in [2.24, 2.45) is 0 Å². The molecule has 76 valence electrons. The Labute approximate surface area is 89.8 Å². The van der Waals surface area contributed by atoms with Gasteiger partial charge in [-0.25, -0.2) is 9.78 Å². The molecule has 0 fully saturated rings. The molecule has 2 aromatic rings. The molecule has 1 heterocycles. The summed E-state index contributed by atoms with van der Waals surface area (Å²) in [6.45, 7) is 0. The van der Waals surface area contributed by atoms with Crippen molar-refractivity contribution < 1.29 is 15.0 Å². The maximum Gasteiger partial charge on any atom is 0.358 e. The van der Waals surface area contributed by atoms with Gasteiger partial charge >= 0.3 is 5.97 Å². The number of carboxylic acid groups (broad SMARTS) is 1. The Hall–Kier alpha value is -1.81. The highest BCUT2D eigenvalue weighted by atomic mass is 35.5. The van der Waals surface area contributed by atoms with Gasteiger partial charge in [-0.05, 0) is 12.1 Å². The molecule has 0 unspecified atom stereocenters. The zero-order valence-corrected chi connectivity index (χ0v) is 8.19. The van der Waals surface area contributed by atoms with E-state index in [0.717, 1.165) is 0 Å². The van der Waals surface area contributed by atoms with E-state index < -0.39 is 5.97 Å². The van der Waals surface area contributed by atoms with Gasteiger partial charge in [-0.1, -0.05) is 17.7 Å². The third kappa shape index (κ3) is 1.59. The van der Waals surface area contributed by atoms with Gasteiger partial charge in [0, 0.05) is 22.0 Å². The second-order valence-electron chi connectivity index (χ2n) is 2.99. The van der Waals surface area contributed by atoms with Gasteiger partial charge in [-0.2, -0.15) is 0 Å². The van der Waals surface area contributed by atoms with Gasteiger partial charge in [0.1, 0.15) is 0 Å². The average molecular weight is 224 g/mol. The molecule has 0 saturated carbocycles. The largest absolute Gasteiger partial charge is 0.505 e. The van der Waals surface area contributed by atoms with Crippen LogP contribution in [0.4, 0.5) is 0 Å². The number of fused-ring (bicyclic) bond motifs is 1. The number of aromatic hydroxyl groups is 1. The fourth-order valence-corrected chi connectivity index (χ4v) is 1.50. The van der Waals surface area contributed by atoms with Gasteiger partial charge in [-0.3, -0.25) is 0 Å². The van der Waals surface area contributed by atoms with E-state index >= 15 is 0 Å². The van der Waals surface area contributed by atoms with Gasteiger partial charge in [-0.15, -0.1) is 0 Å². The Morgan fingerprint density at radius 2 is 2.13 bits per heavy atom. The average Bonchev–Trinajstić information content (AvgIpc) is 2.19. The summed E-state index contributed by atoms with van der Waals surface area (Å²) in [7, 11) is 0. The molecule has 0 atom stereocenters. The van der Waals surface area contributed by atoms with E-state index in [4.69, 9.17) is 16.7 Å². The summed E-state index contributed by atoms with van der Waals surface area (Å²) >= 11 is 5.74. The minimum Gasteiger partial charge on any atom is -0.505 e. The second-order valence-corrected chi connectivity index (χ2v) is 3.43. The molecule has 4 nitrogen and oxygen atoms in total. The molecule has 0 amide bonds. The van der Waals surface area contributed by atoms with Gasteiger partial charge in [0.15, 0.2) is 11.4 Å². The van der Waals surface area contributed by atoms with Crippen molar-refractivity contribution in [2.45, 2.75) is 0 Å². The summed E-state index contributed by atoms with van der Waals surface area (Å²) in [5, 5.41) is 19.8. The lowest BCUT2D eigenvalue weighted by Crippen LogP contribution is -2.00. The molecule has 1 aromatic heterocycles. The Kier molecular flexibility index (Phi) is 2.21. The summed E-state index contributed by atoms with van der Waals surface area (Å²) in [4.78, 5) is 14.3. The number of carboxylic acids is 1. The maximum absolute atomic E-state index is 10.7. The topological polar surface area (TPSA) is 70.4 Å². The van der Waals surface area contributed by atoms with Crippen LogP contribution in [0.3, 0.4) is 0 Å². The highest BCUT2D eigenvalue weighted by Crippen LogP contribution is 2.29. The van der Waals surface area contributed by atoms with E-state index in [9.17, 15) is 9.90 Å². The lowest BCUT2D eigenvalue weighted by atomic mass is 10.1. The number of benzene rings is 1. The van der Waals surface area contributed by atoms with E-state index in [1.54, 1.807) is 12.1 Å². The number of aromatic nitrogens is 1. The molecule has 15 heavy (non-hydrogen) atoms. The first kappa shape index (κ1) is 9.73. The van der Waals surface area contributed by atoms with Crippen molar-refractivity contribution in [3.8, 4) is 5.75 Å². The second kappa shape index (κ2) is 3.40. The summed E-state index contributed by atoms with van der Waals surface area (Å²) in [5.74, 6) is -1.63. The minimum absolute atomic E-state index is 0.359. The molecule has 0 radical (unpaired) electrons. The van der Waals surface area contributed by atoms with Crippen LogP contribution in [0.5, 0.6) is 5.75 Å². The molecule has 5 heteroatoms. The van der Waals surface area contributed by atoms with Crippen LogP contribution in [-0.2, 0) is 0 Å². The lowest BCUT2D eigenvalue weighted by molar-refractivity contribution is 0.0687. The SMILES string of the molecule is O=C(O)c1ncc2ccc(Cl)cc2c1O. The van der Waals surface area contributed by atoms with Crippen molar-refractivity contribution in [1.29, 1.82) is 0 Å². The van der Waals surface area contributed by atoms with Crippen LogP contribution in [0.25, 0.3) is 10.8 Å². The number of rotatable bonds is 1. The predicted octanol–water partition coefficient (Wildman–Crippen LogP) is 2.29. The molecule has 2 rings (SSSR count). The van der Waals surface area contributed by atoms with E-state index in [2.05, 4.69) is 4.98 Å². The number of aromatic carboxylic acids is 1. The summed E-state index contributed by atoms with van der Waals surface area (Å²) in [6.07, 6.45) is 1.38. The van der Waals surface area contributed by atoms with Crippen molar-refractivity contribution in [3.63, 3.8) is 0 Å². The van der Waals surface area contributed by atoms with Gasteiger partial charge in [0.05, 0.1) is 0 Å². The van der Waals surface area contributed by atoms with Crippen LogP contribution in [0.1, 0.15) is 10.5 Å². The highest BCUT2D eigenvalue weighted by molar-refractivity contribution is 6.31. The van der Waals surface area contributed by atoms with Crippen LogP contribution in [0.2, 0.25) is 5.02 Å².